The number of benzene rings is 1. The maximum atomic E-state index is 9.56. The predicted octanol–water partition coefficient (Wildman–Crippen LogP) is 3.28. The Hall–Kier alpha value is -1.48. The molecule has 3 heteroatoms. The summed E-state index contributed by atoms with van der Waals surface area (Å²) in [5, 5.41) is 13.2. The summed E-state index contributed by atoms with van der Waals surface area (Å²) >= 11 is 0. The molecule has 1 aliphatic rings. The first kappa shape index (κ1) is 14.9. The van der Waals surface area contributed by atoms with Gasteiger partial charge in [-0.15, -0.1) is 6.58 Å². The van der Waals surface area contributed by atoms with Gasteiger partial charge in [-0.05, 0) is 62.3 Å². The highest BCUT2D eigenvalue weighted by Crippen LogP contribution is 2.29. The number of nitrogens with one attached hydrogen (secondary N) is 1. The van der Waals surface area contributed by atoms with Gasteiger partial charge in [0.1, 0.15) is 0 Å². The van der Waals surface area contributed by atoms with Crippen molar-refractivity contribution in [1.29, 1.82) is 0 Å². The molecule has 1 aromatic rings. The normalized spacial score (nSPS) is 21.9. The van der Waals surface area contributed by atoms with Gasteiger partial charge in [0, 0.05) is 6.04 Å². The molecule has 1 fully saturated rings. The van der Waals surface area contributed by atoms with Crippen LogP contribution >= 0.6 is 0 Å². The van der Waals surface area contributed by atoms with Gasteiger partial charge in [-0.3, -0.25) is 0 Å². The molecule has 2 N–H and O–H groups in total. The van der Waals surface area contributed by atoms with Gasteiger partial charge in [-0.25, -0.2) is 0 Å². The zero-order valence-electron chi connectivity index (χ0n) is 12.3. The third kappa shape index (κ3) is 4.01. The summed E-state index contributed by atoms with van der Waals surface area (Å²) in [5.41, 5.74) is 1.19. The fraction of sp³-hybridized carbons (Fsp3) is 0.529. The fourth-order valence-corrected chi connectivity index (χ4v) is 3.01. The summed E-state index contributed by atoms with van der Waals surface area (Å²) in [6, 6.07) is 6.21. The highest BCUT2D eigenvalue weighted by atomic mass is 16.5. The van der Waals surface area contributed by atoms with Gasteiger partial charge >= 0.3 is 0 Å². The van der Waals surface area contributed by atoms with Crippen molar-refractivity contribution in [3.63, 3.8) is 0 Å². The van der Waals surface area contributed by atoms with Crippen LogP contribution in [-0.2, 0) is 6.42 Å². The number of phenols is 1. The minimum atomic E-state index is 0.201. The molecule has 2 rings (SSSR count). The molecule has 1 saturated carbocycles. The minimum Gasteiger partial charge on any atom is -0.504 e. The smallest absolute Gasteiger partial charge is 0.160 e. The Morgan fingerprint density at radius 3 is 3.05 bits per heavy atom. The number of phenolic OH excluding ortho intramolecular Hbond substituents is 1. The van der Waals surface area contributed by atoms with E-state index in [1.165, 1.54) is 24.8 Å². The Morgan fingerprint density at radius 1 is 1.45 bits per heavy atom. The van der Waals surface area contributed by atoms with Crippen molar-refractivity contribution in [2.45, 2.75) is 38.1 Å². The van der Waals surface area contributed by atoms with Crippen molar-refractivity contribution in [3.8, 4) is 11.5 Å². The molecule has 2 atom stereocenters. The van der Waals surface area contributed by atoms with E-state index in [4.69, 9.17) is 4.74 Å². The third-order valence-electron chi connectivity index (χ3n) is 4.13. The lowest BCUT2D eigenvalue weighted by atomic mass is 10.0. The predicted molar refractivity (Wildman–Crippen MR) is 82.3 cm³/mol. The first-order chi connectivity index (χ1) is 9.72. The lowest BCUT2D eigenvalue weighted by Gasteiger charge is -2.13. The standard InChI is InChI=1S/C17H25NO2/c1-3-4-13-5-7-15(11-13)18-10-9-14-6-8-16(19)17(12-14)20-2/h3,6,8,12-13,15,18-19H,1,4-5,7,9-11H2,2H3. The molecule has 2 unspecified atom stereocenters. The van der Waals surface area contributed by atoms with Crippen LogP contribution in [0.25, 0.3) is 0 Å². The van der Waals surface area contributed by atoms with Gasteiger partial charge in [0.25, 0.3) is 0 Å². The molecule has 0 amide bonds. The van der Waals surface area contributed by atoms with Crippen LogP contribution in [0.2, 0.25) is 0 Å². The van der Waals surface area contributed by atoms with E-state index >= 15 is 0 Å². The topological polar surface area (TPSA) is 41.5 Å². The number of hydrogen-bond donors (Lipinski definition) is 2. The molecule has 0 aliphatic heterocycles. The molecule has 0 bridgehead atoms. The quantitative estimate of drug-likeness (QED) is 0.750. The summed E-state index contributed by atoms with van der Waals surface area (Å²) in [6.07, 6.45) is 8.00. The second-order valence-corrected chi connectivity index (χ2v) is 5.61. The zero-order valence-corrected chi connectivity index (χ0v) is 12.3. The number of rotatable bonds is 7. The van der Waals surface area contributed by atoms with Crippen LogP contribution in [0.3, 0.4) is 0 Å². The maximum absolute atomic E-state index is 9.56. The van der Waals surface area contributed by atoms with Crippen molar-refractivity contribution in [2.24, 2.45) is 5.92 Å². The Balaban J connectivity index is 1.75. The van der Waals surface area contributed by atoms with E-state index in [0.29, 0.717) is 11.8 Å². The van der Waals surface area contributed by atoms with Crippen LogP contribution in [0, 0.1) is 5.92 Å². The van der Waals surface area contributed by atoms with E-state index in [9.17, 15) is 5.11 Å². The largest absolute Gasteiger partial charge is 0.504 e. The van der Waals surface area contributed by atoms with Gasteiger partial charge in [-0.2, -0.15) is 0 Å². The highest BCUT2D eigenvalue weighted by Gasteiger charge is 2.22. The molecular weight excluding hydrogens is 250 g/mol. The van der Waals surface area contributed by atoms with Gasteiger partial charge < -0.3 is 15.2 Å². The Bertz CT molecular complexity index is 445. The Kier molecular flexibility index (Phi) is 5.48. The average molecular weight is 275 g/mol. The molecule has 20 heavy (non-hydrogen) atoms. The molecule has 0 saturated heterocycles. The SMILES string of the molecule is C=CCC1CCC(NCCc2ccc(O)c(OC)c2)C1. The number of methoxy groups -OCH3 is 1. The second kappa shape index (κ2) is 7.34. The monoisotopic (exact) mass is 275 g/mol. The highest BCUT2D eigenvalue weighted by molar-refractivity contribution is 5.41. The van der Waals surface area contributed by atoms with Crippen LogP contribution in [0.15, 0.2) is 30.9 Å². The molecule has 110 valence electrons. The Labute approximate surface area is 121 Å². The van der Waals surface area contributed by atoms with Gasteiger partial charge in [0.15, 0.2) is 11.5 Å². The molecule has 0 spiro atoms. The minimum absolute atomic E-state index is 0.201. The van der Waals surface area contributed by atoms with Crippen LogP contribution < -0.4 is 10.1 Å². The molecule has 0 radical (unpaired) electrons. The van der Waals surface area contributed by atoms with Crippen molar-refractivity contribution in [1.82, 2.24) is 5.32 Å². The summed E-state index contributed by atoms with van der Waals surface area (Å²) in [4.78, 5) is 0. The van der Waals surface area contributed by atoms with Crippen LogP contribution in [0.1, 0.15) is 31.2 Å². The van der Waals surface area contributed by atoms with Crippen molar-refractivity contribution in [3.05, 3.63) is 36.4 Å². The zero-order chi connectivity index (χ0) is 14.4. The summed E-state index contributed by atoms with van der Waals surface area (Å²) < 4.78 is 5.13. The maximum Gasteiger partial charge on any atom is 0.160 e. The Morgan fingerprint density at radius 2 is 2.30 bits per heavy atom. The number of ether oxygens (including phenoxy) is 1. The molecule has 1 aliphatic carbocycles. The van der Waals surface area contributed by atoms with E-state index < -0.39 is 0 Å². The second-order valence-electron chi connectivity index (χ2n) is 5.61. The average Bonchev–Trinajstić information content (AvgIpc) is 2.89. The van der Waals surface area contributed by atoms with E-state index in [0.717, 1.165) is 25.3 Å². The van der Waals surface area contributed by atoms with Gasteiger partial charge in [0.05, 0.1) is 7.11 Å². The number of aromatic hydroxyl groups is 1. The lowest BCUT2D eigenvalue weighted by Crippen LogP contribution is -2.28. The fourth-order valence-electron chi connectivity index (χ4n) is 3.01. The summed E-state index contributed by atoms with van der Waals surface area (Å²) in [6.45, 7) is 4.79. The van der Waals surface area contributed by atoms with Crippen LogP contribution in [-0.4, -0.2) is 24.8 Å². The molecule has 3 nitrogen and oxygen atoms in total. The first-order valence-electron chi connectivity index (χ1n) is 7.43. The van der Waals surface area contributed by atoms with Gasteiger partial charge in [0.2, 0.25) is 0 Å². The molecular formula is C17H25NO2. The third-order valence-corrected chi connectivity index (χ3v) is 4.13. The van der Waals surface area contributed by atoms with E-state index in [1.54, 1.807) is 13.2 Å². The summed E-state index contributed by atoms with van der Waals surface area (Å²) in [5.74, 6) is 1.57. The van der Waals surface area contributed by atoms with E-state index in [2.05, 4.69) is 11.9 Å². The van der Waals surface area contributed by atoms with Crippen molar-refractivity contribution in [2.75, 3.05) is 13.7 Å². The van der Waals surface area contributed by atoms with E-state index in [-0.39, 0.29) is 5.75 Å². The van der Waals surface area contributed by atoms with Crippen molar-refractivity contribution < 1.29 is 9.84 Å². The van der Waals surface area contributed by atoms with Crippen LogP contribution in [0.5, 0.6) is 11.5 Å². The van der Waals surface area contributed by atoms with E-state index in [1.807, 2.05) is 18.2 Å². The molecule has 0 aromatic heterocycles. The van der Waals surface area contributed by atoms with Gasteiger partial charge in [-0.1, -0.05) is 12.1 Å². The molecule has 0 heterocycles. The molecule has 1 aromatic carbocycles. The number of hydrogen-bond acceptors (Lipinski definition) is 3. The van der Waals surface area contributed by atoms with Crippen molar-refractivity contribution >= 4 is 0 Å². The number of allylic oxidation sites excluding steroid dienone is 1. The summed E-state index contributed by atoms with van der Waals surface area (Å²) in [7, 11) is 1.58. The van der Waals surface area contributed by atoms with Crippen LogP contribution in [0.4, 0.5) is 0 Å². The lowest BCUT2D eigenvalue weighted by molar-refractivity contribution is 0.373. The first-order valence-corrected chi connectivity index (χ1v) is 7.43.